The molecule has 1 heterocycles. The molecule has 2 aromatic rings. The maximum Gasteiger partial charge on any atom is 0.159 e. The molecule has 1 saturated carbocycles. The van der Waals surface area contributed by atoms with Crippen LogP contribution >= 0.6 is 0 Å². The Balaban J connectivity index is 1.67. The first-order valence-electron chi connectivity index (χ1n) is 7.76. The van der Waals surface area contributed by atoms with Gasteiger partial charge in [0.05, 0.1) is 18.1 Å². The van der Waals surface area contributed by atoms with E-state index in [0.717, 1.165) is 17.1 Å². The molecule has 110 valence electrons. The summed E-state index contributed by atoms with van der Waals surface area (Å²) in [5.74, 6) is 0.783. The molecular formula is C18H23N3. The Labute approximate surface area is 126 Å². The molecule has 3 nitrogen and oxygen atoms in total. The third kappa shape index (κ3) is 3.60. The lowest BCUT2D eigenvalue weighted by Gasteiger charge is -2.35. The van der Waals surface area contributed by atoms with Crippen LogP contribution in [0.3, 0.4) is 0 Å². The van der Waals surface area contributed by atoms with Gasteiger partial charge in [0.15, 0.2) is 5.82 Å². The SMILES string of the molecule is CC1(C)CCCC(Nc2cnc(-c3ccccc3)nc2)C1. The van der Waals surface area contributed by atoms with Crippen molar-refractivity contribution in [3.05, 3.63) is 42.7 Å². The molecule has 0 aliphatic heterocycles. The van der Waals surface area contributed by atoms with E-state index in [2.05, 4.69) is 29.1 Å². The van der Waals surface area contributed by atoms with E-state index in [9.17, 15) is 0 Å². The predicted molar refractivity (Wildman–Crippen MR) is 87.1 cm³/mol. The summed E-state index contributed by atoms with van der Waals surface area (Å²) in [5.41, 5.74) is 2.53. The summed E-state index contributed by atoms with van der Waals surface area (Å²) in [4.78, 5) is 8.95. The molecule has 0 radical (unpaired) electrons. The second-order valence-corrected chi connectivity index (χ2v) is 6.76. The Morgan fingerprint density at radius 3 is 2.48 bits per heavy atom. The van der Waals surface area contributed by atoms with E-state index in [4.69, 9.17) is 0 Å². The molecule has 1 aromatic heterocycles. The topological polar surface area (TPSA) is 37.8 Å². The van der Waals surface area contributed by atoms with Gasteiger partial charge < -0.3 is 5.32 Å². The molecule has 0 saturated heterocycles. The summed E-state index contributed by atoms with van der Waals surface area (Å²) in [6, 6.07) is 10.6. The van der Waals surface area contributed by atoms with Crippen LogP contribution in [0, 0.1) is 5.41 Å². The third-order valence-electron chi connectivity index (χ3n) is 4.26. The molecule has 3 heteroatoms. The molecule has 21 heavy (non-hydrogen) atoms. The minimum atomic E-state index is 0.445. The number of benzene rings is 1. The number of aromatic nitrogens is 2. The molecular weight excluding hydrogens is 258 g/mol. The third-order valence-corrected chi connectivity index (χ3v) is 4.26. The van der Waals surface area contributed by atoms with E-state index in [1.165, 1.54) is 25.7 Å². The highest BCUT2D eigenvalue weighted by molar-refractivity contribution is 5.55. The fourth-order valence-electron chi connectivity index (χ4n) is 3.20. The molecule has 1 aliphatic rings. The zero-order valence-corrected chi connectivity index (χ0v) is 12.8. The minimum Gasteiger partial charge on any atom is -0.380 e. The van der Waals surface area contributed by atoms with Crippen LogP contribution < -0.4 is 5.32 Å². The van der Waals surface area contributed by atoms with Gasteiger partial charge in [0.1, 0.15) is 0 Å². The van der Waals surface area contributed by atoms with Gasteiger partial charge in [0.25, 0.3) is 0 Å². The van der Waals surface area contributed by atoms with Crippen molar-refractivity contribution in [3.8, 4) is 11.4 Å². The number of anilines is 1. The molecule has 1 aromatic carbocycles. The van der Waals surface area contributed by atoms with E-state index in [-0.39, 0.29) is 0 Å². The Kier molecular flexibility index (Phi) is 3.91. The van der Waals surface area contributed by atoms with Gasteiger partial charge in [0, 0.05) is 11.6 Å². The van der Waals surface area contributed by atoms with Crippen LogP contribution in [-0.2, 0) is 0 Å². The van der Waals surface area contributed by atoms with Gasteiger partial charge >= 0.3 is 0 Å². The second-order valence-electron chi connectivity index (χ2n) is 6.76. The van der Waals surface area contributed by atoms with Crippen molar-refractivity contribution >= 4 is 5.69 Å². The highest BCUT2D eigenvalue weighted by Crippen LogP contribution is 2.36. The lowest BCUT2D eigenvalue weighted by Crippen LogP contribution is -2.31. The molecule has 0 spiro atoms. The van der Waals surface area contributed by atoms with Crippen LogP contribution in [0.5, 0.6) is 0 Å². The normalized spacial score (nSPS) is 21.0. The van der Waals surface area contributed by atoms with Gasteiger partial charge in [-0.25, -0.2) is 9.97 Å². The highest BCUT2D eigenvalue weighted by atomic mass is 15.0. The summed E-state index contributed by atoms with van der Waals surface area (Å²) >= 11 is 0. The molecule has 0 amide bonds. The van der Waals surface area contributed by atoms with Crippen molar-refractivity contribution in [2.75, 3.05) is 5.32 Å². The predicted octanol–water partition coefficient (Wildman–Crippen LogP) is 4.52. The number of nitrogens with one attached hydrogen (secondary N) is 1. The van der Waals surface area contributed by atoms with Crippen LogP contribution in [0.15, 0.2) is 42.7 Å². The summed E-state index contributed by atoms with van der Waals surface area (Å²) < 4.78 is 0. The molecule has 3 rings (SSSR count). The fourth-order valence-corrected chi connectivity index (χ4v) is 3.20. The van der Waals surface area contributed by atoms with E-state index >= 15 is 0 Å². The standard InChI is InChI=1S/C18H23N3/c1-18(2)10-6-9-15(11-18)21-16-12-19-17(20-13-16)14-7-4-3-5-8-14/h3-5,7-8,12-13,15,21H,6,9-11H2,1-2H3. The van der Waals surface area contributed by atoms with Gasteiger partial charge in [-0.1, -0.05) is 50.6 Å². The first-order chi connectivity index (χ1) is 10.1. The van der Waals surface area contributed by atoms with Crippen LogP contribution in [0.1, 0.15) is 39.5 Å². The Bertz CT molecular complexity index is 575. The van der Waals surface area contributed by atoms with Crippen molar-refractivity contribution in [2.45, 2.75) is 45.6 Å². The van der Waals surface area contributed by atoms with Gasteiger partial charge in [-0.3, -0.25) is 0 Å². The number of nitrogens with zero attached hydrogens (tertiary/aromatic N) is 2. The largest absolute Gasteiger partial charge is 0.380 e. The summed E-state index contributed by atoms with van der Waals surface area (Å²) in [5, 5.41) is 3.59. The number of hydrogen-bond donors (Lipinski definition) is 1. The average molecular weight is 281 g/mol. The van der Waals surface area contributed by atoms with Gasteiger partial charge in [0.2, 0.25) is 0 Å². The summed E-state index contributed by atoms with van der Waals surface area (Å²) in [7, 11) is 0. The van der Waals surface area contributed by atoms with Crippen LogP contribution in [0.2, 0.25) is 0 Å². The van der Waals surface area contributed by atoms with Gasteiger partial charge in [-0.2, -0.15) is 0 Å². The van der Waals surface area contributed by atoms with E-state index in [0.29, 0.717) is 11.5 Å². The molecule has 0 bridgehead atoms. The van der Waals surface area contributed by atoms with Crippen molar-refractivity contribution < 1.29 is 0 Å². The highest BCUT2D eigenvalue weighted by Gasteiger charge is 2.27. The van der Waals surface area contributed by atoms with E-state index in [1.807, 2.05) is 42.7 Å². The zero-order chi connectivity index (χ0) is 14.7. The van der Waals surface area contributed by atoms with Crippen LogP contribution in [0.25, 0.3) is 11.4 Å². The molecule has 1 N–H and O–H groups in total. The minimum absolute atomic E-state index is 0.445. The first-order valence-corrected chi connectivity index (χ1v) is 7.76. The van der Waals surface area contributed by atoms with Crippen LogP contribution in [-0.4, -0.2) is 16.0 Å². The van der Waals surface area contributed by atoms with Crippen LogP contribution in [0.4, 0.5) is 5.69 Å². The quantitative estimate of drug-likeness (QED) is 0.898. The summed E-state index contributed by atoms with van der Waals surface area (Å²) in [6.07, 6.45) is 8.88. The average Bonchev–Trinajstić information content (AvgIpc) is 2.48. The molecule has 1 unspecified atom stereocenters. The van der Waals surface area contributed by atoms with E-state index < -0.39 is 0 Å². The van der Waals surface area contributed by atoms with Crippen molar-refractivity contribution in [2.24, 2.45) is 5.41 Å². The van der Waals surface area contributed by atoms with Gasteiger partial charge in [-0.05, 0) is 24.7 Å². The fraction of sp³-hybridized carbons (Fsp3) is 0.444. The summed E-state index contributed by atoms with van der Waals surface area (Å²) in [6.45, 7) is 4.71. The van der Waals surface area contributed by atoms with Crippen molar-refractivity contribution in [1.82, 2.24) is 9.97 Å². The molecule has 1 fully saturated rings. The lowest BCUT2D eigenvalue weighted by molar-refractivity contribution is 0.229. The Morgan fingerprint density at radius 1 is 1.10 bits per heavy atom. The number of hydrogen-bond acceptors (Lipinski definition) is 3. The maximum atomic E-state index is 4.48. The second kappa shape index (κ2) is 5.84. The van der Waals surface area contributed by atoms with Gasteiger partial charge in [-0.15, -0.1) is 0 Å². The zero-order valence-electron chi connectivity index (χ0n) is 12.8. The van der Waals surface area contributed by atoms with Crippen molar-refractivity contribution in [3.63, 3.8) is 0 Å². The molecule has 1 aliphatic carbocycles. The van der Waals surface area contributed by atoms with Crippen molar-refractivity contribution in [1.29, 1.82) is 0 Å². The maximum absolute atomic E-state index is 4.48. The monoisotopic (exact) mass is 281 g/mol. The lowest BCUT2D eigenvalue weighted by atomic mass is 9.75. The number of rotatable bonds is 3. The molecule has 1 atom stereocenters. The van der Waals surface area contributed by atoms with E-state index in [1.54, 1.807) is 0 Å². The smallest absolute Gasteiger partial charge is 0.159 e. The first kappa shape index (κ1) is 14.1. The Hall–Kier alpha value is -1.90. The Morgan fingerprint density at radius 2 is 1.81 bits per heavy atom.